The van der Waals surface area contributed by atoms with Gasteiger partial charge in [0.05, 0.1) is 6.26 Å². The molecule has 1 aromatic carbocycles. The first-order valence-electron chi connectivity index (χ1n) is 5.67. The van der Waals surface area contributed by atoms with Gasteiger partial charge in [0, 0.05) is 5.56 Å². The number of nitrogens with one attached hydrogen (secondary N) is 1. The molecule has 0 spiro atoms. The summed E-state index contributed by atoms with van der Waals surface area (Å²) in [6, 6.07) is 8.69. The quantitative estimate of drug-likeness (QED) is 0.793. The van der Waals surface area contributed by atoms with Gasteiger partial charge in [0.25, 0.3) is 5.91 Å². The molecule has 2 heterocycles. The minimum Gasteiger partial charge on any atom is -0.459 e. The van der Waals surface area contributed by atoms with Crippen molar-refractivity contribution in [2.24, 2.45) is 0 Å². The Balaban J connectivity index is 1.87. The molecular weight excluding hydrogens is 265 g/mol. The van der Waals surface area contributed by atoms with E-state index in [0.29, 0.717) is 11.3 Å². The number of hydrogen-bond donors (Lipinski definition) is 1. The molecule has 0 aliphatic carbocycles. The molecule has 20 heavy (non-hydrogen) atoms. The molecule has 3 aromatic rings. The Bertz CT molecular complexity index is 720. The summed E-state index contributed by atoms with van der Waals surface area (Å²) in [4.78, 5) is 11.8. The number of carbonyl (C=O) groups is 1. The van der Waals surface area contributed by atoms with Crippen LogP contribution in [0.5, 0.6) is 0 Å². The number of benzene rings is 1. The summed E-state index contributed by atoms with van der Waals surface area (Å²) in [6.45, 7) is 0. The highest BCUT2D eigenvalue weighted by atomic mass is 19.1. The second kappa shape index (κ2) is 4.96. The molecule has 0 bridgehead atoms. The van der Waals surface area contributed by atoms with E-state index in [-0.39, 0.29) is 17.4 Å². The third kappa shape index (κ3) is 2.28. The van der Waals surface area contributed by atoms with Crippen LogP contribution in [0.3, 0.4) is 0 Å². The maximum Gasteiger partial charge on any atom is 0.292 e. The predicted molar refractivity (Wildman–Crippen MR) is 66.4 cm³/mol. The average molecular weight is 273 g/mol. The van der Waals surface area contributed by atoms with E-state index in [1.165, 1.54) is 36.6 Å². The van der Waals surface area contributed by atoms with E-state index in [9.17, 15) is 9.18 Å². The van der Waals surface area contributed by atoms with Gasteiger partial charge in [-0.1, -0.05) is 0 Å². The molecule has 0 fully saturated rings. The topological polar surface area (TPSA) is 81.2 Å². The van der Waals surface area contributed by atoms with Crippen molar-refractivity contribution in [1.29, 1.82) is 0 Å². The molecule has 100 valence electrons. The number of carbonyl (C=O) groups excluding carboxylic acids is 1. The van der Waals surface area contributed by atoms with Gasteiger partial charge in [0.1, 0.15) is 5.82 Å². The number of rotatable bonds is 3. The molecule has 0 atom stereocenters. The zero-order valence-electron chi connectivity index (χ0n) is 10.0. The lowest BCUT2D eigenvalue weighted by Crippen LogP contribution is -2.11. The van der Waals surface area contributed by atoms with Crippen LogP contribution in [-0.4, -0.2) is 16.2 Å². The monoisotopic (exact) mass is 273 g/mol. The summed E-state index contributed by atoms with van der Waals surface area (Å²) in [6.07, 6.45) is 1.39. The second-order valence-corrected chi connectivity index (χ2v) is 3.90. The summed E-state index contributed by atoms with van der Waals surface area (Å²) < 4.78 is 22.5. The Hall–Kier alpha value is -2.96. The third-order valence-electron chi connectivity index (χ3n) is 2.58. The Kier molecular flexibility index (Phi) is 3.00. The lowest BCUT2D eigenvalue weighted by Gasteiger charge is -2.01. The molecule has 7 heteroatoms. The van der Waals surface area contributed by atoms with Gasteiger partial charge in [-0.05, 0) is 46.7 Å². The van der Waals surface area contributed by atoms with Crippen molar-refractivity contribution >= 4 is 11.7 Å². The summed E-state index contributed by atoms with van der Waals surface area (Å²) in [7, 11) is 0. The lowest BCUT2D eigenvalue weighted by molar-refractivity contribution is 0.0995. The lowest BCUT2D eigenvalue weighted by atomic mass is 10.1. The molecule has 0 saturated carbocycles. The first-order valence-corrected chi connectivity index (χ1v) is 5.67. The van der Waals surface area contributed by atoms with Crippen molar-refractivity contribution in [2.75, 3.05) is 5.32 Å². The fraction of sp³-hybridized carbons (Fsp3) is 0. The first-order chi connectivity index (χ1) is 9.74. The van der Waals surface area contributed by atoms with E-state index in [0.717, 1.165) is 0 Å². The van der Waals surface area contributed by atoms with Crippen molar-refractivity contribution in [3.8, 4) is 11.3 Å². The molecule has 6 nitrogen and oxygen atoms in total. The van der Waals surface area contributed by atoms with Crippen LogP contribution in [-0.2, 0) is 0 Å². The molecule has 0 aliphatic rings. The standard InChI is InChI=1S/C13H8FN3O3/c14-9-5-3-8(4-6-9)11-12(17-20-16-11)15-13(18)10-2-1-7-19-10/h1-7H,(H,15,17,18). The van der Waals surface area contributed by atoms with Crippen molar-refractivity contribution in [1.82, 2.24) is 10.3 Å². The molecule has 0 unspecified atom stereocenters. The Morgan fingerprint density at radius 1 is 1.15 bits per heavy atom. The Morgan fingerprint density at radius 3 is 2.65 bits per heavy atom. The minimum atomic E-state index is -0.478. The highest BCUT2D eigenvalue weighted by molar-refractivity contribution is 6.03. The van der Waals surface area contributed by atoms with E-state index in [1.54, 1.807) is 6.07 Å². The molecule has 0 saturated heterocycles. The van der Waals surface area contributed by atoms with Crippen LogP contribution < -0.4 is 5.32 Å². The molecule has 3 rings (SSSR count). The van der Waals surface area contributed by atoms with Crippen molar-refractivity contribution < 1.29 is 18.2 Å². The Labute approximate surface area is 112 Å². The molecule has 1 amide bonds. The van der Waals surface area contributed by atoms with Crippen molar-refractivity contribution in [2.45, 2.75) is 0 Å². The van der Waals surface area contributed by atoms with Gasteiger partial charge in [-0.2, -0.15) is 0 Å². The Morgan fingerprint density at radius 2 is 1.95 bits per heavy atom. The van der Waals surface area contributed by atoms with E-state index in [1.807, 2.05) is 0 Å². The van der Waals surface area contributed by atoms with Crippen LogP contribution >= 0.6 is 0 Å². The van der Waals surface area contributed by atoms with E-state index in [2.05, 4.69) is 20.3 Å². The summed E-state index contributed by atoms with van der Waals surface area (Å²) in [5.74, 6) is -0.573. The highest BCUT2D eigenvalue weighted by Crippen LogP contribution is 2.24. The van der Waals surface area contributed by atoms with E-state index >= 15 is 0 Å². The van der Waals surface area contributed by atoms with Crippen LogP contribution in [0, 0.1) is 5.82 Å². The smallest absolute Gasteiger partial charge is 0.292 e. The predicted octanol–water partition coefficient (Wildman–Crippen LogP) is 2.72. The fourth-order valence-electron chi connectivity index (χ4n) is 1.64. The van der Waals surface area contributed by atoms with Crippen LogP contribution in [0.1, 0.15) is 10.6 Å². The second-order valence-electron chi connectivity index (χ2n) is 3.90. The number of aromatic nitrogens is 2. The maximum absolute atomic E-state index is 12.9. The van der Waals surface area contributed by atoms with E-state index < -0.39 is 5.91 Å². The summed E-state index contributed by atoms with van der Waals surface area (Å²) in [5.41, 5.74) is 0.882. The SMILES string of the molecule is O=C(Nc1nonc1-c1ccc(F)cc1)c1ccco1. The van der Waals surface area contributed by atoms with E-state index in [4.69, 9.17) is 4.42 Å². The van der Waals surface area contributed by atoms with Gasteiger partial charge in [0.2, 0.25) is 5.82 Å². The number of nitrogens with zero attached hydrogens (tertiary/aromatic N) is 2. The molecule has 0 radical (unpaired) electrons. The van der Waals surface area contributed by atoms with Crippen molar-refractivity contribution in [3.63, 3.8) is 0 Å². The molecule has 0 aliphatic heterocycles. The highest BCUT2D eigenvalue weighted by Gasteiger charge is 2.17. The number of furan rings is 1. The van der Waals surface area contributed by atoms with Crippen LogP contribution in [0.2, 0.25) is 0 Å². The zero-order valence-corrected chi connectivity index (χ0v) is 10.0. The average Bonchev–Trinajstić information content (AvgIpc) is 3.10. The summed E-state index contributed by atoms with van der Waals surface area (Å²) in [5, 5.41) is 9.82. The van der Waals surface area contributed by atoms with Crippen LogP contribution in [0.15, 0.2) is 51.7 Å². The fourth-order valence-corrected chi connectivity index (χ4v) is 1.64. The number of hydrogen-bond acceptors (Lipinski definition) is 5. The van der Waals surface area contributed by atoms with Gasteiger partial charge < -0.3 is 4.42 Å². The van der Waals surface area contributed by atoms with Gasteiger partial charge in [-0.3, -0.25) is 10.1 Å². The molecule has 2 aromatic heterocycles. The number of halogens is 1. The van der Waals surface area contributed by atoms with Gasteiger partial charge >= 0.3 is 0 Å². The first kappa shape index (κ1) is 12.1. The number of amides is 1. The molecule has 1 N–H and O–H groups in total. The third-order valence-corrected chi connectivity index (χ3v) is 2.58. The normalized spacial score (nSPS) is 10.4. The summed E-state index contributed by atoms with van der Waals surface area (Å²) >= 11 is 0. The number of anilines is 1. The van der Waals surface area contributed by atoms with Crippen LogP contribution in [0.4, 0.5) is 10.2 Å². The van der Waals surface area contributed by atoms with Gasteiger partial charge in [-0.25, -0.2) is 9.02 Å². The van der Waals surface area contributed by atoms with Gasteiger partial charge in [0.15, 0.2) is 11.5 Å². The maximum atomic E-state index is 12.9. The van der Waals surface area contributed by atoms with Gasteiger partial charge in [-0.15, -0.1) is 0 Å². The molecular formula is C13H8FN3O3. The largest absolute Gasteiger partial charge is 0.459 e. The van der Waals surface area contributed by atoms with Crippen LogP contribution in [0.25, 0.3) is 11.3 Å². The minimum absolute atomic E-state index is 0.137. The zero-order chi connectivity index (χ0) is 13.9. The van der Waals surface area contributed by atoms with Crippen molar-refractivity contribution in [3.05, 3.63) is 54.2 Å².